The molecule has 0 atom stereocenters. The summed E-state index contributed by atoms with van der Waals surface area (Å²) in [6, 6.07) is 9.67. The van der Waals surface area contributed by atoms with E-state index in [9.17, 15) is 4.79 Å². The van der Waals surface area contributed by atoms with E-state index in [1.807, 2.05) is 31.2 Å². The molecule has 0 aliphatic carbocycles. The van der Waals surface area contributed by atoms with E-state index in [-0.39, 0.29) is 0 Å². The lowest BCUT2D eigenvalue weighted by Gasteiger charge is -2.10. The van der Waals surface area contributed by atoms with Gasteiger partial charge >= 0.3 is 0 Å². The first-order valence-corrected chi connectivity index (χ1v) is 7.19. The molecule has 0 spiro atoms. The van der Waals surface area contributed by atoms with Gasteiger partial charge in [0.05, 0.1) is 5.69 Å². The van der Waals surface area contributed by atoms with Crippen LogP contribution in [0.1, 0.15) is 52.9 Å². The summed E-state index contributed by atoms with van der Waals surface area (Å²) >= 11 is 0. The molecule has 0 saturated heterocycles. The van der Waals surface area contributed by atoms with Gasteiger partial charge in [0.15, 0.2) is 5.69 Å². The predicted molar refractivity (Wildman–Crippen MR) is 81.2 cm³/mol. The zero-order valence-electron chi connectivity index (χ0n) is 12.5. The van der Waals surface area contributed by atoms with E-state index in [2.05, 4.69) is 22.5 Å². The largest absolute Gasteiger partial charge is 0.326 e. The molecule has 4 nitrogen and oxygen atoms in total. The number of imidazole rings is 1. The van der Waals surface area contributed by atoms with Gasteiger partial charge in [-0.05, 0) is 18.9 Å². The molecule has 1 aromatic heterocycles. The number of aromatic nitrogens is 2. The average molecular weight is 281 g/mol. The molecule has 0 radical (unpaired) electrons. The summed E-state index contributed by atoms with van der Waals surface area (Å²) in [5.41, 5.74) is 3.18. The second kappa shape index (κ2) is 6.85. The van der Waals surface area contributed by atoms with E-state index >= 15 is 0 Å². The first kappa shape index (κ1) is 15.0. The molecular weight excluding hydrogens is 262 g/mol. The quantitative estimate of drug-likeness (QED) is 0.763. The van der Waals surface area contributed by atoms with E-state index in [4.69, 9.17) is 5.26 Å². The summed E-state index contributed by atoms with van der Waals surface area (Å²) < 4.78 is 2.10. The van der Waals surface area contributed by atoms with Gasteiger partial charge in [0.2, 0.25) is 0 Å². The molecule has 1 heterocycles. The van der Waals surface area contributed by atoms with Crippen LogP contribution < -0.4 is 0 Å². The molecule has 21 heavy (non-hydrogen) atoms. The fourth-order valence-corrected chi connectivity index (χ4v) is 2.32. The maximum absolute atomic E-state index is 10.7. The monoisotopic (exact) mass is 281 g/mol. The van der Waals surface area contributed by atoms with Crippen LogP contribution in [0.2, 0.25) is 0 Å². The first-order chi connectivity index (χ1) is 10.2. The van der Waals surface area contributed by atoms with Crippen LogP contribution >= 0.6 is 0 Å². The van der Waals surface area contributed by atoms with Gasteiger partial charge in [0.1, 0.15) is 18.2 Å². The highest BCUT2D eigenvalue weighted by atomic mass is 16.1. The van der Waals surface area contributed by atoms with Crippen LogP contribution in [-0.4, -0.2) is 15.8 Å². The van der Waals surface area contributed by atoms with Crippen molar-refractivity contribution in [3.63, 3.8) is 0 Å². The number of carbonyl (C=O) groups is 1. The van der Waals surface area contributed by atoms with Crippen LogP contribution in [0.4, 0.5) is 0 Å². The number of unbranched alkanes of at least 4 members (excludes halogenated alkanes) is 1. The molecule has 0 amide bonds. The fourth-order valence-electron chi connectivity index (χ4n) is 2.32. The van der Waals surface area contributed by atoms with Crippen molar-refractivity contribution in [2.45, 2.75) is 39.7 Å². The number of benzene rings is 1. The Hall–Kier alpha value is -2.41. The van der Waals surface area contributed by atoms with E-state index in [1.165, 1.54) is 0 Å². The highest BCUT2D eigenvalue weighted by molar-refractivity contribution is 5.74. The third-order valence-electron chi connectivity index (χ3n) is 3.62. The predicted octanol–water partition coefficient (Wildman–Crippen LogP) is 3.27. The Morgan fingerprint density at radius 1 is 1.33 bits per heavy atom. The molecule has 0 saturated carbocycles. The molecule has 0 fully saturated rings. The van der Waals surface area contributed by atoms with Gasteiger partial charge in [-0.3, -0.25) is 4.79 Å². The van der Waals surface area contributed by atoms with Crippen LogP contribution in [0.3, 0.4) is 0 Å². The van der Waals surface area contributed by atoms with Crippen molar-refractivity contribution in [2.75, 3.05) is 0 Å². The van der Waals surface area contributed by atoms with Gasteiger partial charge in [-0.25, -0.2) is 4.98 Å². The Labute approximate surface area is 125 Å². The number of carbonyl (C=O) groups excluding carboxylic acids is 1. The summed E-state index contributed by atoms with van der Waals surface area (Å²) in [4.78, 5) is 15.1. The van der Waals surface area contributed by atoms with E-state index in [0.717, 1.165) is 42.6 Å². The minimum atomic E-state index is 0.505. The average Bonchev–Trinajstić information content (AvgIpc) is 2.82. The number of rotatable bonds is 6. The van der Waals surface area contributed by atoms with E-state index in [1.54, 1.807) is 0 Å². The maximum Gasteiger partial charge on any atom is 0.161 e. The number of aryl methyl sites for hydroxylation is 1. The lowest BCUT2D eigenvalue weighted by molar-refractivity contribution is 0.112. The van der Waals surface area contributed by atoms with Crippen LogP contribution in [0.15, 0.2) is 24.3 Å². The van der Waals surface area contributed by atoms with Crippen molar-refractivity contribution in [1.29, 1.82) is 5.26 Å². The van der Waals surface area contributed by atoms with Gasteiger partial charge in [0, 0.05) is 18.5 Å². The van der Waals surface area contributed by atoms with Gasteiger partial charge in [-0.15, -0.1) is 0 Å². The van der Waals surface area contributed by atoms with Crippen molar-refractivity contribution in [2.24, 2.45) is 0 Å². The second-order valence-electron chi connectivity index (χ2n) is 5.12. The Morgan fingerprint density at radius 3 is 2.62 bits per heavy atom. The molecule has 108 valence electrons. The van der Waals surface area contributed by atoms with Gasteiger partial charge < -0.3 is 4.57 Å². The lowest BCUT2D eigenvalue weighted by atomic mass is 10.1. The van der Waals surface area contributed by atoms with Gasteiger partial charge in [-0.2, -0.15) is 5.26 Å². The Morgan fingerprint density at radius 2 is 2.05 bits per heavy atom. The molecule has 0 aliphatic rings. The summed E-state index contributed by atoms with van der Waals surface area (Å²) in [7, 11) is 0. The highest BCUT2D eigenvalue weighted by Crippen LogP contribution is 2.16. The summed E-state index contributed by atoms with van der Waals surface area (Å²) in [6.07, 6.45) is 3.88. The smallest absolute Gasteiger partial charge is 0.161 e. The number of aldehydes is 1. The molecule has 0 aliphatic heterocycles. The molecule has 0 unspecified atom stereocenters. The third kappa shape index (κ3) is 3.38. The van der Waals surface area contributed by atoms with Crippen LogP contribution in [0.25, 0.3) is 0 Å². The molecule has 0 N–H and O–H groups in total. The van der Waals surface area contributed by atoms with Gasteiger partial charge in [0.25, 0.3) is 0 Å². The molecule has 4 heteroatoms. The normalized spacial score (nSPS) is 10.3. The van der Waals surface area contributed by atoms with Crippen molar-refractivity contribution >= 4 is 6.29 Å². The topological polar surface area (TPSA) is 58.7 Å². The Kier molecular flexibility index (Phi) is 4.89. The first-order valence-electron chi connectivity index (χ1n) is 7.19. The molecule has 2 aromatic rings. The maximum atomic E-state index is 10.7. The third-order valence-corrected chi connectivity index (χ3v) is 3.62. The molecule has 0 bridgehead atoms. The van der Waals surface area contributed by atoms with Gasteiger partial charge in [-0.1, -0.05) is 37.6 Å². The molecular formula is C17H19N3O. The van der Waals surface area contributed by atoms with Crippen LogP contribution in [0, 0.1) is 18.3 Å². The highest BCUT2D eigenvalue weighted by Gasteiger charge is 2.13. The Bertz CT molecular complexity index is 663. The summed E-state index contributed by atoms with van der Waals surface area (Å²) in [5, 5.41) is 9.15. The molecule has 1 aromatic carbocycles. The number of nitriles is 1. The fraction of sp³-hybridized carbons (Fsp3) is 0.353. The lowest BCUT2D eigenvalue weighted by Crippen LogP contribution is -2.07. The van der Waals surface area contributed by atoms with Crippen molar-refractivity contribution < 1.29 is 4.79 Å². The van der Waals surface area contributed by atoms with E-state index in [0.29, 0.717) is 17.8 Å². The standard InChI is InChI=1S/C17H19N3O/c1-3-4-5-17-19-16(10-18)13(2)20(17)11-14-6-8-15(12-21)9-7-14/h6-9,12H,3-5,11H2,1-2H3. The van der Waals surface area contributed by atoms with Crippen molar-refractivity contribution in [3.05, 3.63) is 52.6 Å². The minimum Gasteiger partial charge on any atom is -0.326 e. The zero-order valence-corrected chi connectivity index (χ0v) is 12.5. The summed E-state index contributed by atoms with van der Waals surface area (Å²) in [5.74, 6) is 0.963. The van der Waals surface area contributed by atoms with Crippen molar-refractivity contribution in [3.8, 4) is 6.07 Å². The Balaban J connectivity index is 2.30. The SMILES string of the molecule is CCCCc1nc(C#N)c(C)n1Cc1ccc(C=O)cc1. The number of nitrogens with zero attached hydrogens (tertiary/aromatic N) is 3. The number of hydrogen-bond donors (Lipinski definition) is 0. The van der Waals surface area contributed by atoms with E-state index < -0.39 is 0 Å². The zero-order chi connectivity index (χ0) is 15.2. The van der Waals surface area contributed by atoms with Crippen LogP contribution in [-0.2, 0) is 13.0 Å². The molecule has 2 rings (SSSR count). The minimum absolute atomic E-state index is 0.505. The summed E-state index contributed by atoms with van der Waals surface area (Å²) in [6.45, 7) is 4.75. The van der Waals surface area contributed by atoms with Crippen molar-refractivity contribution in [1.82, 2.24) is 9.55 Å². The van der Waals surface area contributed by atoms with Crippen LogP contribution in [0.5, 0.6) is 0 Å². The number of hydrogen-bond acceptors (Lipinski definition) is 3. The second-order valence-corrected chi connectivity index (χ2v) is 5.12.